The Hall–Kier alpha value is -3.16. The number of rotatable bonds is 1. The standard InChI is InChI=1S/C8H7NO4.C8H9NO2/c10-9(11)6-2-1-3-7-8(6)13-5-4-12-7;9-6-2-1-3-7-8(6)11-5-4-10-7/h1-3H,4-5H2;1-3H,4-5,9H2. The summed E-state index contributed by atoms with van der Waals surface area (Å²) >= 11 is 0. The minimum Gasteiger partial charge on any atom is -0.486 e. The lowest BCUT2D eigenvalue weighted by Gasteiger charge is -2.19. The summed E-state index contributed by atoms with van der Waals surface area (Å²) in [6.07, 6.45) is 0. The maximum Gasteiger partial charge on any atom is 0.314 e. The zero-order chi connectivity index (χ0) is 16.9. The van der Waals surface area contributed by atoms with Gasteiger partial charge in [-0.05, 0) is 18.2 Å². The number of nitrogens with zero attached hydrogens (tertiary/aromatic N) is 1. The van der Waals surface area contributed by atoms with Gasteiger partial charge in [0.2, 0.25) is 5.75 Å². The molecule has 2 aromatic carbocycles. The molecule has 0 saturated heterocycles. The molecule has 0 radical (unpaired) electrons. The van der Waals surface area contributed by atoms with Gasteiger partial charge in [0.25, 0.3) is 0 Å². The molecule has 0 saturated carbocycles. The Balaban J connectivity index is 0.000000143. The highest BCUT2D eigenvalue weighted by molar-refractivity contribution is 5.60. The molecule has 8 nitrogen and oxygen atoms in total. The van der Waals surface area contributed by atoms with Crippen LogP contribution >= 0.6 is 0 Å². The fraction of sp³-hybridized carbons (Fsp3) is 0.250. The maximum absolute atomic E-state index is 10.5. The molecule has 8 heteroatoms. The highest BCUT2D eigenvalue weighted by atomic mass is 16.6. The molecule has 24 heavy (non-hydrogen) atoms. The topological polar surface area (TPSA) is 106 Å². The van der Waals surface area contributed by atoms with Gasteiger partial charge in [-0.25, -0.2) is 0 Å². The third kappa shape index (κ3) is 3.27. The van der Waals surface area contributed by atoms with Gasteiger partial charge in [-0.2, -0.15) is 0 Å². The van der Waals surface area contributed by atoms with Crippen molar-refractivity contribution in [3.8, 4) is 23.0 Å². The molecule has 0 amide bonds. The Morgan fingerprint density at radius 3 is 2.00 bits per heavy atom. The van der Waals surface area contributed by atoms with Gasteiger partial charge in [0.05, 0.1) is 10.6 Å². The number of para-hydroxylation sites is 2. The predicted octanol–water partition coefficient (Wildman–Crippen LogP) is 2.41. The number of nitro groups is 1. The highest BCUT2D eigenvalue weighted by Crippen LogP contribution is 2.38. The zero-order valence-electron chi connectivity index (χ0n) is 12.8. The molecule has 2 N–H and O–H groups in total. The van der Waals surface area contributed by atoms with Crippen molar-refractivity contribution in [3.63, 3.8) is 0 Å². The molecule has 2 aliphatic heterocycles. The van der Waals surface area contributed by atoms with Gasteiger partial charge in [-0.15, -0.1) is 0 Å². The second kappa shape index (κ2) is 6.95. The second-order valence-electron chi connectivity index (χ2n) is 4.93. The lowest BCUT2D eigenvalue weighted by molar-refractivity contribution is -0.386. The summed E-state index contributed by atoms with van der Waals surface area (Å²) < 4.78 is 20.9. The first-order chi connectivity index (χ1) is 11.7. The van der Waals surface area contributed by atoms with Gasteiger partial charge in [0, 0.05) is 6.07 Å². The van der Waals surface area contributed by atoms with Crippen molar-refractivity contribution in [2.75, 3.05) is 32.2 Å². The average molecular weight is 332 g/mol. The number of benzene rings is 2. The molecular weight excluding hydrogens is 316 g/mol. The van der Waals surface area contributed by atoms with E-state index in [2.05, 4.69) is 0 Å². The summed E-state index contributed by atoms with van der Waals surface area (Å²) in [6.45, 7) is 1.99. The van der Waals surface area contributed by atoms with Crippen LogP contribution in [0, 0.1) is 10.1 Å². The molecule has 2 heterocycles. The summed E-state index contributed by atoms with van der Waals surface area (Å²) in [5.74, 6) is 2.11. The largest absolute Gasteiger partial charge is 0.486 e. The van der Waals surface area contributed by atoms with Crippen molar-refractivity contribution in [1.82, 2.24) is 0 Å². The van der Waals surface area contributed by atoms with Crippen LogP contribution in [0.4, 0.5) is 11.4 Å². The Kier molecular flexibility index (Phi) is 4.55. The van der Waals surface area contributed by atoms with Crippen molar-refractivity contribution in [2.45, 2.75) is 0 Å². The highest BCUT2D eigenvalue weighted by Gasteiger charge is 2.22. The average Bonchev–Trinajstić information content (AvgIpc) is 2.62. The van der Waals surface area contributed by atoms with Gasteiger partial charge in [0.15, 0.2) is 17.2 Å². The van der Waals surface area contributed by atoms with Crippen molar-refractivity contribution < 1.29 is 23.9 Å². The van der Waals surface area contributed by atoms with E-state index in [1.165, 1.54) is 6.07 Å². The second-order valence-corrected chi connectivity index (χ2v) is 4.93. The van der Waals surface area contributed by atoms with E-state index in [0.29, 0.717) is 43.6 Å². The number of hydrogen-bond acceptors (Lipinski definition) is 7. The van der Waals surface area contributed by atoms with E-state index >= 15 is 0 Å². The molecule has 2 aromatic rings. The smallest absolute Gasteiger partial charge is 0.314 e. The summed E-state index contributed by atoms with van der Waals surface area (Å²) in [7, 11) is 0. The molecule has 2 aliphatic rings. The summed E-state index contributed by atoms with van der Waals surface area (Å²) in [6, 6.07) is 10.1. The predicted molar refractivity (Wildman–Crippen MR) is 85.9 cm³/mol. The first kappa shape index (κ1) is 15.7. The number of hydrogen-bond donors (Lipinski definition) is 1. The van der Waals surface area contributed by atoms with Crippen LogP contribution < -0.4 is 24.7 Å². The molecule has 0 atom stereocenters. The summed E-state index contributed by atoms with van der Waals surface area (Å²) in [4.78, 5) is 10.1. The molecule has 0 aliphatic carbocycles. The molecule has 126 valence electrons. The normalized spacial score (nSPS) is 14.2. The number of nitro benzene ring substituents is 1. The first-order valence-corrected chi connectivity index (χ1v) is 7.34. The SMILES string of the molecule is Nc1cccc2c1OCCO2.O=[N+]([O-])c1cccc2c1OCCO2. The van der Waals surface area contributed by atoms with Gasteiger partial charge in [-0.3, -0.25) is 10.1 Å². The van der Waals surface area contributed by atoms with Crippen LogP contribution in [0.2, 0.25) is 0 Å². The minimum atomic E-state index is -0.479. The van der Waals surface area contributed by atoms with Gasteiger partial charge >= 0.3 is 5.69 Å². The van der Waals surface area contributed by atoms with Crippen LogP contribution in [-0.4, -0.2) is 31.4 Å². The zero-order valence-corrected chi connectivity index (χ0v) is 12.8. The van der Waals surface area contributed by atoms with Gasteiger partial charge in [0.1, 0.15) is 26.4 Å². The van der Waals surface area contributed by atoms with Gasteiger partial charge < -0.3 is 24.7 Å². The molecule has 0 aromatic heterocycles. The quantitative estimate of drug-likeness (QED) is 0.485. The molecule has 0 fully saturated rings. The molecular formula is C16H16N2O6. The van der Waals surface area contributed by atoms with Crippen molar-refractivity contribution >= 4 is 11.4 Å². The summed E-state index contributed by atoms with van der Waals surface area (Å²) in [5.41, 5.74) is 6.23. The van der Waals surface area contributed by atoms with Crippen molar-refractivity contribution in [1.29, 1.82) is 0 Å². The molecule has 0 bridgehead atoms. The van der Waals surface area contributed by atoms with Gasteiger partial charge in [-0.1, -0.05) is 12.1 Å². The van der Waals surface area contributed by atoms with Crippen molar-refractivity contribution in [2.24, 2.45) is 0 Å². The van der Waals surface area contributed by atoms with E-state index in [9.17, 15) is 10.1 Å². The monoisotopic (exact) mass is 332 g/mol. The molecule has 4 rings (SSSR count). The van der Waals surface area contributed by atoms with E-state index < -0.39 is 4.92 Å². The van der Waals surface area contributed by atoms with Crippen LogP contribution in [0.15, 0.2) is 36.4 Å². The first-order valence-electron chi connectivity index (χ1n) is 7.34. The Bertz CT molecular complexity index is 749. The minimum absolute atomic E-state index is 0.0443. The third-order valence-corrected chi connectivity index (χ3v) is 3.34. The summed E-state index contributed by atoms with van der Waals surface area (Å²) in [5, 5.41) is 10.5. The maximum atomic E-state index is 10.5. The number of nitrogen functional groups attached to an aromatic ring is 1. The third-order valence-electron chi connectivity index (χ3n) is 3.34. The Labute approximate surface area is 137 Å². The molecule has 0 unspecified atom stereocenters. The number of nitrogens with two attached hydrogens (primary N) is 1. The van der Waals surface area contributed by atoms with Crippen LogP contribution in [0.5, 0.6) is 23.0 Å². The number of fused-ring (bicyclic) bond motifs is 2. The van der Waals surface area contributed by atoms with E-state index in [4.69, 9.17) is 24.7 Å². The van der Waals surface area contributed by atoms with E-state index in [1.807, 2.05) is 12.1 Å². The Morgan fingerprint density at radius 1 is 0.833 bits per heavy atom. The lowest BCUT2D eigenvalue weighted by Crippen LogP contribution is -2.16. The fourth-order valence-electron chi connectivity index (χ4n) is 2.30. The van der Waals surface area contributed by atoms with Crippen molar-refractivity contribution in [3.05, 3.63) is 46.5 Å². The van der Waals surface area contributed by atoms with E-state index in [-0.39, 0.29) is 11.4 Å². The van der Waals surface area contributed by atoms with Crippen LogP contribution in [0.3, 0.4) is 0 Å². The lowest BCUT2D eigenvalue weighted by atomic mass is 10.2. The van der Waals surface area contributed by atoms with Crippen LogP contribution in [0.25, 0.3) is 0 Å². The molecule has 0 spiro atoms. The number of anilines is 1. The van der Waals surface area contributed by atoms with E-state index in [0.717, 1.165) is 5.75 Å². The van der Waals surface area contributed by atoms with Crippen LogP contribution in [-0.2, 0) is 0 Å². The Morgan fingerprint density at radius 2 is 1.38 bits per heavy atom. The van der Waals surface area contributed by atoms with Crippen LogP contribution in [0.1, 0.15) is 0 Å². The number of ether oxygens (including phenoxy) is 4. The van der Waals surface area contributed by atoms with E-state index in [1.54, 1.807) is 18.2 Å². The fourth-order valence-corrected chi connectivity index (χ4v) is 2.30.